The molecule has 0 bridgehead atoms. The molecule has 28 heavy (non-hydrogen) atoms. The molecule has 0 aliphatic carbocycles. The Morgan fingerprint density at radius 1 is 1.25 bits per heavy atom. The molecule has 0 fully saturated rings. The number of thiophene rings is 1. The van der Waals surface area contributed by atoms with Gasteiger partial charge in [-0.25, -0.2) is 4.79 Å². The summed E-state index contributed by atoms with van der Waals surface area (Å²) in [6.07, 6.45) is 1.45. The predicted octanol–water partition coefficient (Wildman–Crippen LogP) is 4.13. The van der Waals surface area contributed by atoms with Crippen molar-refractivity contribution in [1.29, 1.82) is 0 Å². The maximum Gasteiger partial charge on any atom is 0.336 e. The number of benzene rings is 1. The molecule has 3 aromatic heterocycles. The van der Waals surface area contributed by atoms with Crippen molar-refractivity contribution in [1.82, 2.24) is 14.8 Å². The van der Waals surface area contributed by atoms with Crippen molar-refractivity contribution in [2.24, 2.45) is 7.05 Å². The lowest BCUT2D eigenvalue weighted by Crippen LogP contribution is -2.02. The number of nitrogens with zero attached hydrogens (tertiary/aromatic N) is 3. The third-order valence-electron chi connectivity index (χ3n) is 4.60. The molecule has 0 aliphatic rings. The Morgan fingerprint density at radius 2 is 2.11 bits per heavy atom. The fourth-order valence-electron chi connectivity index (χ4n) is 3.05. The van der Waals surface area contributed by atoms with E-state index in [1.54, 1.807) is 11.3 Å². The second kappa shape index (κ2) is 7.81. The van der Waals surface area contributed by atoms with Crippen molar-refractivity contribution in [3.05, 3.63) is 68.0 Å². The zero-order valence-corrected chi connectivity index (χ0v) is 17.1. The van der Waals surface area contributed by atoms with E-state index in [4.69, 9.17) is 4.42 Å². The molecule has 4 rings (SSSR count). The van der Waals surface area contributed by atoms with Gasteiger partial charge < -0.3 is 14.1 Å². The van der Waals surface area contributed by atoms with Crippen molar-refractivity contribution in [2.75, 3.05) is 0 Å². The van der Waals surface area contributed by atoms with Crippen LogP contribution < -0.4 is 5.63 Å². The molecular formula is C20H19N3O3S2. The molecule has 0 aliphatic heterocycles. The van der Waals surface area contributed by atoms with E-state index < -0.39 is 5.63 Å². The van der Waals surface area contributed by atoms with E-state index in [1.165, 1.54) is 28.8 Å². The maximum absolute atomic E-state index is 11.9. The summed E-state index contributed by atoms with van der Waals surface area (Å²) in [5, 5.41) is 22.3. The van der Waals surface area contributed by atoms with Crippen molar-refractivity contribution in [2.45, 2.75) is 30.7 Å². The van der Waals surface area contributed by atoms with Crippen LogP contribution in [0.5, 0.6) is 5.75 Å². The SMILES string of the molecule is CCc1cc2c(CSc3nnc(Cc4cccs4)n3C)cc(=O)oc2cc1O. The second-order valence-corrected chi connectivity index (χ2v) is 8.40. The topological polar surface area (TPSA) is 81.2 Å². The lowest BCUT2D eigenvalue weighted by atomic mass is 10.1. The van der Waals surface area contributed by atoms with E-state index in [-0.39, 0.29) is 5.75 Å². The number of phenols is 1. The number of hydrogen-bond donors (Lipinski definition) is 1. The number of aryl methyl sites for hydroxylation is 1. The monoisotopic (exact) mass is 413 g/mol. The van der Waals surface area contributed by atoms with Gasteiger partial charge in [0.2, 0.25) is 0 Å². The molecule has 0 amide bonds. The third-order valence-corrected chi connectivity index (χ3v) is 6.55. The Labute approximate surface area is 169 Å². The van der Waals surface area contributed by atoms with Crippen LogP contribution in [0.1, 0.15) is 28.8 Å². The second-order valence-electron chi connectivity index (χ2n) is 6.42. The molecule has 8 heteroatoms. The molecule has 0 spiro atoms. The maximum atomic E-state index is 11.9. The number of aromatic hydroxyl groups is 1. The molecule has 0 saturated carbocycles. The molecule has 3 heterocycles. The minimum absolute atomic E-state index is 0.148. The van der Waals surface area contributed by atoms with Gasteiger partial charge in [0.25, 0.3) is 0 Å². The van der Waals surface area contributed by atoms with Gasteiger partial charge in [0, 0.05) is 41.6 Å². The van der Waals surface area contributed by atoms with Crippen LogP contribution in [0.3, 0.4) is 0 Å². The molecule has 0 saturated heterocycles. The summed E-state index contributed by atoms with van der Waals surface area (Å²) in [6, 6.07) is 9.03. The summed E-state index contributed by atoms with van der Waals surface area (Å²) in [4.78, 5) is 13.2. The summed E-state index contributed by atoms with van der Waals surface area (Å²) >= 11 is 3.22. The Kier molecular flexibility index (Phi) is 5.23. The van der Waals surface area contributed by atoms with Gasteiger partial charge in [-0.1, -0.05) is 24.8 Å². The summed E-state index contributed by atoms with van der Waals surface area (Å²) < 4.78 is 7.25. The van der Waals surface area contributed by atoms with E-state index >= 15 is 0 Å². The fourth-order valence-corrected chi connectivity index (χ4v) is 4.67. The summed E-state index contributed by atoms with van der Waals surface area (Å²) in [6.45, 7) is 1.98. The minimum atomic E-state index is -0.428. The number of fused-ring (bicyclic) bond motifs is 1. The van der Waals surface area contributed by atoms with Gasteiger partial charge in [-0.3, -0.25) is 0 Å². The molecular weight excluding hydrogens is 394 g/mol. The molecule has 1 aromatic carbocycles. The lowest BCUT2D eigenvalue weighted by molar-refractivity contribution is 0.466. The first-order valence-corrected chi connectivity index (χ1v) is 10.7. The Bertz CT molecular complexity index is 1180. The van der Waals surface area contributed by atoms with Crippen molar-refractivity contribution in [3.63, 3.8) is 0 Å². The minimum Gasteiger partial charge on any atom is -0.508 e. The molecule has 0 unspecified atom stereocenters. The van der Waals surface area contributed by atoms with Crippen LogP contribution in [-0.4, -0.2) is 19.9 Å². The fraction of sp³-hybridized carbons (Fsp3) is 0.250. The number of thioether (sulfide) groups is 1. The normalized spacial score (nSPS) is 11.4. The van der Waals surface area contributed by atoms with E-state index in [0.29, 0.717) is 17.8 Å². The first kappa shape index (κ1) is 18.8. The van der Waals surface area contributed by atoms with E-state index in [1.807, 2.05) is 30.7 Å². The Hall–Kier alpha value is -2.58. The third kappa shape index (κ3) is 3.70. The average Bonchev–Trinajstić information content (AvgIpc) is 3.30. The largest absolute Gasteiger partial charge is 0.508 e. The molecule has 1 N–H and O–H groups in total. The van der Waals surface area contributed by atoms with Gasteiger partial charge in [0.1, 0.15) is 17.2 Å². The summed E-state index contributed by atoms with van der Waals surface area (Å²) in [5.74, 6) is 1.61. The first-order chi connectivity index (χ1) is 13.5. The van der Waals surface area contributed by atoms with Crippen molar-refractivity contribution < 1.29 is 9.52 Å². The van der Waals surface area contributed by atoms with Gasteiger partial charge >= 0.3 is 5.63 Å². The van der Waals surface area contributed by atoms with E-state index in [2.05, 4.69) is 21.6 Å². The lowest BCUT2D eigenvalue weighted by Gasteiger charge is -2.08. The quantitative estimate of drug-likeness (QED) is 0.378. The zero-order valence-electron chi connectivity index (χ0n) is 15.5. The van der Waals surface area contributed by atoms with Gasteiger partial charge in [-0.2, -0.15) is 0 Å². The van der Waals surface area contributed by atoms with E-state index in [9.17, 15) is 9.90 Å². The number of phenolic OH excluding ortho intramolecular Hbond substituents is 1. The van der Waals surface area contributed by atoms with Gasteiger partial charge in [0.05, 0.1) is 0 Å². The highest BCUT2D eigenvalue weighted by Crippen LogP contribution is 2.30. The predicted molar refractivity (Wildman–Crippen MR) is 111 cm³/mol. The highest BCUT2D eigenvalue weighted by molar-refractivity contribution is 7.98. The van der Waals surface area contributed by atoms with Crippen LogP contribution in [-0.2, 0) is 25.6 Å². The smallest absolute Gasteiger partial charge is 0.336 e. The highest BCUT2D eigenvalue weighted by atomic mass is 32.2. The highest BCUT2D eigenvalue weighted by Gasteiger charge is 2.14. The first-order valence-electron chi connectivity index (χ1n) is 8.87. The van der Waals surface area contributed by atoms with Gasteiger partial charge in [0.15, 0.2) is 5.16 Å². The zero-order chi connectivity index (χ0) is 19.7. The van der Waals surface area contributed by atoms with Crippen LogP contribution in [0.2, 0.25) is 0 Å². The molecule has 0 radical (unpaired) electrons. The van der Waals surface area contributed by atoms with Crippen LogP contribution in [0.25, 0.3) is 11.0 Å². The molecule has 6 nitrogen and oxygen atoms in total. The Balaban J connectivity index is 1.61. The van der Waals surface area contributed by atoms with Crippen LogP contribution in [0.4, 0.5) is 0 Å². The van der Waals surface area contributed by atoms with Crippen molar-refractivity contribution >= 4 is 34.1 Å². The summed E-state index contributed by atoms with van der Waals surface area (Å²) in [5.41, 5.74) is 1.65. The standard InChI is InChI=1S/C20H19N3O3S2/c1-3-12-7-15-13(8-19(25)26-17(15)10-16(12)24)11-28-20-22-21-18(23(20)2)9-14-5-4-6-27-14/h4-8,10,24H,3,9,11H2,1-2H3. The molecule has 4 aromatic rings. The molecule has 0 atom stereocenters. The number of hydrogen-bond acceptors (Lipinski definition) is 7. The van der Waals surface area contributed by atoms with Crippen LogP contribution >= 0.6 is 23.1 Å². The van der Waals surface area contributed by atoms with Crippen molar-refractivity contribution in [3.8, 4) is 5.75 Å². The molecule has 144 valence electrons. The van der Waals surface area contributed by atoms with E-state index in [0.717, 1.165) is 33.9 Å². The number of aromatic nitrogens is 3. The number of rotatable bonds is 6. The van der Waals surface area contributed by atoms with Crippen LogP contribution in [0.15, 0.2) is 50.1 Å². The van der Waals surface area contributed by atoms with Crippen LogP contribution in [0, 0.1) is 0 Å². The van der Waals surface area contributed by atoms with Gasteiger partial charge in [-0.05, 0) is 35.1 Å². The average molecular weight is 414 g/mol. The Morgan fingerprint density at radius 3 is 2.86 bits per heavy atom. The van der Waals surface area contributed by atoms with Gasteiger partial charge in [-0.15, -0.1) is 21.5 Å². The summed E-state index contributed by atoms with van der Waals surface area (Å²) in [7, 11) is 1.95.